The molecule has 5 heteroatoms. The standard InChI is InChI=1S/C13H11ClF2N2/c1-7-2-3-8(14)4-12(7)18-13-10(15)5-9(17)6-11(13)16/h2-6,18H,17H2,1H3. The van der Waals surface area contributed by atoms with Gasteiger partial charge in [-0.25, -0.2) is 8.78 Å². The molecule has 94 valence electrons. The number of aryl methyl sites for hydroxylation is 1. The monoisotopic (exact) mass is 268 g/mol. The smallest absolute Gasteiger partial charge is 0.151 e. The number of hydrogen-bond donors (Lipinski definition) is 2. The summed E-state index contributed by atoms with van der Waals surface area (Å²) in [5.41, 5.74) is 6.52. The topological polar surface area (TPSA) is 38.0 Å². The molecule has 0 bridgehead atoms. The van der Waals surface area contributed by atoms with Gasteiger partial charge in [0.2, 0.25) is 0 Å². The van der Waals surface area contributed by atoms with Crippen molar-refractivity contribution in [2.75, 3.05) is 11.1 Å². The first kappa shape index (κ1) is 12.6. The van der Waals surface area contributed by atoms with Crippen LogP contribution in [0.4, 0.5) is 25.8 Å². The van der Waals surface area contributed by atoms with Crippen LogP contribution < -0.4 is 11.1 Å². The first-order valence-electron chi connectivity index (χ1n) is 5.25. The molecule has 0 radical (unpaired) electrons. The van der Waals surface area contributed by atoms with Crippen LogP contribution in [-0.2, 0) is 0 Å². The van der Waals surface area contributed by atoms with E-state index in [4.69, 9.17) is 17.3 Å². The fraction of sp³-hybridized carbons (Fsp3) is 0.0769. The number of nitrogens with one attached hydrogen (secondary N) is 1. The van der Waals surface area contributed by atoms with E-state index >= 15 is 0 Å². The zero-order valence-electron chi connectivity index (χ0n) is 9.60. The average Bonchev–Trinajstić information content (AvgIpc) is 2.28. The van der Waals surface area contributed by atoms with Crippen LogP contribution in [0.2, 0.25) is 5.02 Å². The molecule has 0 aliphatic heterocycles. The number of nitrogen functional groups attached to an aromatic ring is 1. The zero-order chi connectivity index (χ0) is 13.3. The van der Waals surface area contributed by atoms with E-state index in [0.717, 1.165) is 17.7 Å². The molecular formula is C13H11ClF2N2. The Hall–Kier alpha value is -1.81. The van der Waals surface area contributed by atoms with E-state index in [-0.39, 0.29) is 11.4 Å². The maximum atomic E-state index is 13.6. The van der Waals surface area contributed by atoms with E-state index in [1.165, 1.54) is 0 Å². The summed E-state index contributed by atoms with van der Waals surface area (Å²) in [6, 6.07) is 7.19. The van der Waals surface area contributed by atoms with Gasteiger partial charge in [0.15, 0.2) is 11.6 Å². The van der Waals surface area contributed by atoms with Crippen molar-refractivity contribution in [3.8, 4) is 0 Å². The SMILES string of the molecule is Cc1ccc(Cl)cc1Nc1c(F)cc(N)cc1F. The molecule has 3 N–H and O–H groups in total. The number of rotatable bonds is 2. The number of nitrogens with two attached hydrogens (primary N) is 1. The van der Waals surface area contributed by atoms with Crippen LogP contribution in [0.15, 0.2) is 30.3 Å². The first-order valence-corrected chi connectivity index (χ1v) is 5.63. The summed E-state index contributed by atoms with van der Waals surface area (Å²) in [4.78, 5) is 0. The van der Waals surface area contributed by atoms with Gasteiger partial charge in [-0.05, 0) is 36.8 Å². The molecule has 0 saturated carbocycles. The third-order valence-corrected chi connectivity index (χ3v) is 2.76. The summed E-state index contributed by atoms with van der Waals surface area (Å²) >= 11 is 5.84. The van der Waals surface area contributed by atoms with Crippen molar-refractivity contribution in [1.82, 2.24) is 0 Å². The number of anilines is 3. The molecule has 2 rings (SSSR count). The van der Waals surface area contributed by atoms with Crippen LogP contribution in [0.25, 0.3) is 0 Å². The van der Waals surface area contributed by atoms with Gasteiger partial charge in [-0.3, -0.25) is 0 Å². The van der Waals surface area contributed by atoms with Gasteiger partial charge in [-0.2, -0.15) is 0 Å². The Kier molecular flexibility index (Phi) is 3.39. The van der Waals surface area contributed by atoms with E-state index in [1.807, 2.05) is 6.92 Å². The molecule has 0 atom stereocenters. The predicted molar refractivity (Wildman–Crippen MR) is 70.2 cm³/mol. The molecule has 0 spiro atoms. The zero-order valence-corrected chi connectivity index (χ0v) is 10.4. The van der Waals surface area contributed by atoms with Crippen molar-refractivity contribution >= 4 is 28.7 Å². The van der Waals surface area contributed by atoms with Crippen LogP contribution in [0.5, 0.6) is 0 Å². The molecule has 0 heterocycles. The maximum Gasteiger partial charge on any atom is 0.151 e. The molecule has 0 aliphatic carbocycles. The van der Waals surface area contributed by atoms with Crippen LogP contribution in [-0.4, -0.2) is 0 Å². The minimum atomic E-state index is -0.744. The van der Waals surface area contributed by atoms with E-state index in [0.29, 0.717) is 10.7 Å². The molecule has 0 aromatic heterocycles. The van der Waals surface area contributed by atoms with Gasteiger partial charge in [-0.15, -0.1) is 0 Å². The Bertz CT molecular complexity index is 577. The van der Waals surface area contributed by atoms with Gasteiger partial charge in [-0.1, -0.05) is 17.7 Å². The van der Waals surface area contributed by atoms with Gasteiger partial charge in [0.05, 0.1) is 0 Å². The molecule has 2 aromatic carbocycles. The Balaban J connectivity index is 2.43. The molecular weight excluding hydrogens is 258 g/mol. The van der Waals surface area contributed by atoms with Gasteiger partial charge >= 0.3 is 0 Å². The summed E-state index contributed by atoms with van der Waals surface area (Å²) < 4.78 is 27.2. The molecule has 0 aliphatic rings. The summed E-state index contributed by atoms with van der Waals surface area (Å²) in [7, 11) is 0. The number of halogens is 3. The molecule has 0 unspecified atom stereocenters. The maximum absolute atomic E-state index is 13.6. The quantitative estimate of drug-likeness (QED) is 0.799. The second kappa shape index (κ2) is 4.82. The lowest BCUT2D eigenvalue weighted by atomic mass is 10.2. The van der Waals surface area contributed by atoms with Gasteiger partial charge < -0.3 is 11.1 Å². The second-order valence-corrected chi connectivity index (χ2v) is 4.38. The minimum absolute atomic E-state index is 0.0402. The third kappa shape index (κ3) is 2.54. The lowest BCUT2D eigenvalue weighted by Gasteiger charge is -2.12. The average molecular weight is 269 g/mol. The first-order chi connectivity index (χ1) is 8.47. The Morgan fingerprint density at radius 1 is 1.11 bits per heavy atom. The van der Waals surface area contributed by atoms with Crippen molar-refractivity contribution in [3.63, 3.8) is 0 Å². The Morgan fingerprint density at radius 2 is 1.72 bits per heavy atom. The summed E-state index contributed by atoms with van der Waals surface area (Å²) in [5.74, 6) is -1.49. The van der Waals surface area contributed by atoms with E-state index in [1.54, 1.807) is 18.2 Å². The second-order valence-electron chi connectivity index (χ2n) is 3.94. The fourth-order valence-electron chi connectivity index (χ4n) is 1.58. The van der Waals surface area contributed by atoms with Crippen molar-refractivity contribution in [2.45, 2.75) is 6.92 Å². The largest absolute Gasteiger partial charge is 0.399 e. The van der Waals surface area contributed by atoms with Crippen LogP contribution in [0.3, 0.4) is 0 Å². The fourth-order valence-corrected chi connectivity index (χ4v) is 1.75. The van der Waals surface area contributed by atoms with Gasteiger partial charge in [0.25, 0.3) is 0 Å². The van der Waals surface area contributed by atoms with Crippen molar-refractivity contribution < 1.29 is 8.78 Å². The molecule has 0 saturated heterocycles. The lowest BCUT2D eigenvalue weighted by Crippen LogP contribution is -2.00. The third-order valence-electron chi connectivity index (χ3n) is 2.52. The van der Waals surface area contributed by atoms with Gasteiger partial charge in [0.1, 0.15) is 5.69 Å². The highest BCUT2D eigenvalue weighted by Crippen LogP contribution is 2.28. The van der Waals surface area contributed by atoms with Crippen LogP contribution >= 0.6 is 11.6 Å². The summed E-state index contributed by atoms with van der Waals surface area (Å²) in [6.45, 7) is 1.81. The summed E-state index contributed by atoms with van der Waals surface area (Å²) in [5, 5.41) is 3.17. The van der Waals surface area contributed by atoms with E-state index < -0.39 is 11.6 Å². The highest BCUT2D eigenvalue weighted by atomic mass is 35.5. The molecule has 0 amide bonds. The Morgan fingerprint density at radius 3 is 2.33 bits per heavy atom. The van der Waals surface area contributed by atoms with Crippen molar-refractivity contribution in [3.05, 3.63) is 52.6 Å². The molecule has 2 aromatic rings. The van der Waals surface area contributed by atoms with E-state index in [9.17, 15) is 8.78 Å². The van der Waals surface area contributed by atoms with Crippen molar-refractivity contribution in [1.29, 1.82) is 0 Å². The number of benzene rings is 2. The van der Waals surface area contributed by atoms with E-state index in [2.05, 4.69) is 5.32 Å². The normalized spacial score (nSPS) is 10.4. The predicted octanol–water partition coefficient (Wildman–Crippen LogP) is 4.25. The van der Waals surface area contributed by atoms with Crippen molar-refractivity contribution in [2.24, 2.45) is 0 Å². The Labute approximate surface area is 108 Å². The molecule has 0 fully saturated rings. The highest BCUT2D eigenvalue weighted by molar-refractivity contribution is 6.30. The summed E-state index contributed by atoms with van der Waals surface area (Å²) in [6.07, 6.45) is 0. The number of hydrogen-bond acceptors (Lipinski definition) is 2. The molecule has 18 heavy (non-hydrogen) atoms. The van der Waals surface area contributed by atoms with Gasteiger partial charge in [0, 0.05) is 16.4 Å². The highest BCUT2D eigenvalue weighted by Gasteiger charge is 2.11. The molecule has 2 nitrogen and oxygen atoms in total. The van der Waals surface area contributed by atoms with Crippen LogP contribution in [0.1, 0.15) is 5.56 Å². The minimum Gasteiger partial charge on any atom is -0.399 e. The lowest BCUT2D eigenvalue weighted by molar-refractivity contribution is 0.592. The van der Waals surface area contributed by atoms with Crippen LogP contribution in [0, 0.1) is 18.6 Å².